The summed E-state index contributed by atoms with van der Waals surface area (Å²) in [6.07, 6.45) is 3.44. The normalized spacial score (nSPS) is 12.1. The Balaban J connectivity index is 0.000000602. The third kappa shape index (κ3) is 7.79. The summed E-state index contributed by atoms with van der Waals surface area (Å²) in [6.45, 7) is 9.08. The van der Waals surface area contributed by atoms with Crippen molar-refractivity contribution in [1.29, 1.82) is 0 Å². The van der Waals surface area contributed by atoms with Gasteiger partial charge in [0.15, 0.2) is 5.65 Å². The van der Waals surface area contributed by atoms with Crippen molar-refractivity contribution >= 4 is 40.0 Å². The van der Waals surface area contributed by atoms with Crippen LogP contribution in [0, 0.1) is 13.8 Å². The first-order valence-corrected chi connectivity index (χ1v) is 16.3. The zero-order valence-electron chi connectivity index (χ0n) is 29.1. The van der Waals surface area contributed by atoms with Crippen LogP contribution in [-0.4, -0.2) is 55.7 Å². The maximum Gasteiger partial charge on any atom is 0.332 e. The van der Waals surface area contributed by atoms with Gasteiger partial charge in [-0.3, -0.25) is 23.7 Å². The smallest absolute Gasteiger partial charge is 0.332 e. The number of rotatable bonds is 7. The van der Waals surface area contributed by atoms with E-state index in [-0.39, 0.29) is 16.9 Å². The molecule has 0 radical (unpaired) electrons. The van der Waals surface area contributed by atoms with Gasteiger partial charge < -0.3 is 20.7 Å². The van der Waals surface area contributed by atoms with Gasteiger partial charge >= 0.3 is 5.69 Å². The number of methoxy groups -OCH3 is 1. The summed E-state index contributed by atoms with van der Waals surface area (Å²) < 4.78 is 7.84. The quantitative estimate of drug-likeness (QED) is 0.217. The van der Waals surface area contributed by atoms with Crippen molar-refractivity contribution in [2.75, 3.05) is 26.0 Å². The van der Waals surface area contributed by atoms with Crippen LogP contribution in [-0.2, 0) is 25.4 Å². The minimum atomic E-state index is -0.479. The van der Waals surface area contributed by atoms with Gasteiger partial charge in [-0.25, -0.2) is 19.7 Å². The predicted molar refractivity (Wildman–Crippen MR) is 194 cm³/mol. The first-order chi connectivity index (χ1) is 23.5. The molecule has 0 spiro atoms. The molecule has 0 atom stereocenters. The van der Waals surface area contributed by atoms with Gasteiger partial charge in [0, 0.05) is 50.4 Å². The number of carbonyl (C=O) groups is 1. The lowest BCUT2D eigenvalue weighted by Gasteiger charge is -2.17. The number of nitrogens with one attached hydrogen (secondary N) is 3. The number of ether oxygens (including phenoxy) is 1. The van der Waals surface area contributed by atoms with Crippen LogP contribution in [0.4, 0.5) is 11.5 Å². The molecule has 0 saturated carbocycles. The average Bonchev–Trinajstić information content (AvgIpc) is 3.59. The zero-order valence-corrected chi connectivity index (χ0v) is 29.8. The highest BCUT2D eigenvalue weighted by molar-refractivity contribution is 6.36. The highest BCUT2D eigenvalue weighted by atomic mass is 35.5. The van der Waals surface area contributed by atoms with Crippen molar-refractivity contribution < 1.29 is 9.53 Å². The molecule has 14 heteroatoms. The molecule has 1 aliphatic rings. The van der Waals surface area contributed by atoms with E-state index in [4.69, 9.17) is 16.3 Å². The summed E-state index contributed by atoms with van der Waals surface area (Å²) in [5.74, 6) is 1.37. The standard InChI is InChI=1S/C29H29ClN8O3.C4H7NO.C2H6/c1-15-17(18-10-7-11-19(24(18)30)21-14-32-22(13-31-3)27(36-21)41-6)9-8-12-20(15)35-25-23-26(34-16(2)33-25)37(4)29(40)38(5)28(23)39;6-4-2-1-3-5-4;1-2/h7-12,14,31H,13H2,1-6H3,(H,33,34,35);1-3H2,(H,5,6);1-2H3. The second-order valence-corrected chi connectivity index (χ2v) is 11.4. The van der Waals surface area contributed by atoms with E-state index in [1.807, 2.05) is 64.2 Å². The highest BCUT2D eigenvalue weighted by Crippen LogP contribution is 2.39. The Morgan fingerprint density at radius 2 is 1.65 bits per heavy atom. The first-order valence-electron chi connectivity index (χ1n) is 16.0. The van der Waals surface area contributed by atoms with Gasteiger partial charge in [-0.05, 0) is 44.5 Å². The number of carbonyl (C=O) groups excluding carboxylic acids is 1. The number of hydrogen-bond acceptors (Lipinski definition) is 10. The van der Waals surface area contributed by atoms with E-state index in [0.29, 0.717) is 46.0 Å². The molecule has 13 nitrogen and oxygen atoms in total. The minimum Gasteiger partial charge on any atom is -0.480 e. The van der Waals surface area contributed by atoms with E-state index in [1.54, 1.807) is 27.3 Å². The summed E-state index contributed by atoms with van der Waals surface area (Å²) in [7, 11) is 6.40. The lowest BCUT2D eigenvalue weighted by Crippen LogP contribution is -2.37. The van der Waals surface area contributed by atoms with E-state index in [0.717, 1.165) is 46.3 Å². The molecule has 0 bridgehead atoms. The molecule has 1 aliphatic heterocycles. The average molecular weight is 688 g/mol. The Hall–Kier alpha value is -5.14. The molecule has 258 valence electrons. The Kier molecular flexibility index (Phi) is 12.2. The van der Waals surface area contributed by atoms with Crippen LogP contribution in [0.5, 0.6) is 5.88 Å². The van der Waals surface area contributed by atoms with Crippen LogP contribution in [0.2, 0.25) is 5.02 Å². The molecule has 2 aromatic carbocycles. The summed E-state index contributed by atoms with van der Waals surface area (Å²) in [4.78, 5) is 53.8. The molecular formula is C35H42ClN9O4. The van der Waals surface area contributed by atoms with Crippen LogP contribution in [0.15, 0.2) is 52.2 Å². The van der Waals surface area contributed by atoms with Gasteiger partial charge in [0.2, 0.25) is 11.8 Å². The van der Waals surface area contributed by atoms with Crippen LogP contribution in [0.3, 0.4) is 0 Å². The van der Waals surface area contributed by atoms with Gasteiger partial charge in [-0.15, -0.1) is 0 Å². The Morgan fingerprint density at radius 1 is 0.959 bits per heavy atom. The van der Waals surface area contributed by atoms with Crippen molar-refractivity contribution in [3.05, 3.63) is 85.5 Å². The molecule has 1 fully saturated rings. The van der Waals surface area contributed by atoms with Gasteiger partial charge in [0.25, 0.3) is 5.56 Å². The lowest BCUT2D eigenvalue weighted by molar-refractivity contribution is -0.119. The van der Waals surface area contributed by atoms with Gasteiger partial charge in [0.1, 0.15) is 22.7 Å². The van der Waals surface area contributed by atoms with E-state index in [1.165, 1.54) is 11.6 Å². The van der Waals surface area contributed by atoms with Gasteiger partial charge in [0.05, 0.1) is 24.0 Å². The minimum absolute atomic E-state index is 0.204. The third-order valence-electron chi connectivity index (χ3n) is 7.82. The second kappa shape index (κ2) is 16.3. The van der Waals surface area contributed by atoms with Crippen molar-refractivity contribution in [1.82, 2.24) is 39.7 Å². The number of aromatic nitrogens is 6. The fraction of sp³-hybridized carbons (Fsp3) is 0.343. The predicted octanol–water partition coefficient (Wildman–Crippen LogP) is 4.82. The number of benzene rings is 2. The van der Waals surface area contributed by atoms with Crippen LogP contribution in [0.1, 0.15) is 43.8 Å². The maximum absolute atomic E-state index is 13.1. The summed E-state index contributed by atoms with van der Waals surface area (Å²) in [6, 6.07) is 11.5. The van der Waals surface area contributed by atoms with Crippen LogP contribution in [0.25, 0.3) is 33.4 Å². The molecule has 3 N–H and O–H groups in total. The number of hydrogen-bond donors (Lipinski definition) is 3. The molecule has 5 aromatic rings. The van der Waals surface area contributed by atoms with E-state index in [2.05, 4.69) is 35.9 Å². The molecule has 1 amide bonds. The zero-order chi connectivity index (χ0) is 35.8. The van der Waals surface area contributed by atoms with Crippen molar-refractivity contribution in [3.63, 3.8) is 0 Å². The molecule has 3 aromatic heterocycles. The van der Waals surface area contributed by atoms with E-state index >= 15 is 0 Å². The SMILES string of the molecule is CC.CNCc1ncc(-c2cccc(-c3cccc(Nc4nc(C)nc5c4c(=O)n(C)c(=O)n5C)c3C)c2Cl)nc1OC.O=C1CCCN1. The van der Waals surface area contributed by atoms with Crippen molar-refractivity contribution in [3.8, 4) is 28.3 Å². The van der Waals surface area contributed by atoms with Crippen molar-refractivity contribution in [2.24, 2.45) is 14.1 Å². The molecular weight excluding hydrogens is 646 g/mol. The molecule has 0 aliphatic carbocycles. The lowest BCUT2D eigenvalue weighted by atomic mass is 9.96. The highest BCUT2D eigenvalue weighted by Gasteiger charge is 2.19. The Bertz CT molecular complexity index is 2100. The number of amides is 1. The summed E-state index contributed by atoms with van der Waals surface area (Å²) in [5, 5.41) is 9.78. The molecule has 4 heterocycles. The molecule has 49 heavy (non-hydrogen) atoms. The van der Waals surface area contributed by atoms with E-state index < -0.39 is 11.2 Å². The van der Waals surface area contributed by atoms with Crippen LogP contribution >= 0.6 is 11.6 Å². The molecule has 1 saturated heterocycles. The molecule has 0 unspecified atom stereocenters. The molecule has 6 rings (SSSR count). The number of anilines is 2. The first kappa shape index (κ1) is 36.7. The number of fused-ring (bicyclic) bond motifs is 1. The van der Waals surface area contributed by atoms with E-state index in [9.17, 15) is 14.4 Å². The van der Waals surface area contributed by atoms with Crippen LogP contribution < -0.4 is 31.9 Å². The Labute approximate surface area is 289 Å². The summed E-state index contributed by atoms with van der Waals surface area (Å²) >= 11 is 6.99. The number of aryl methyl sites for hydroxylation is 2. The fourth-order valence-electron chi connectivity index (χ4n) is 5.33. The number of halogens is 1. The third-order valence-corrected chi connectivity index (χ3v) is 8.22. The Morgan fingerprint density at radius 3 is 2.29 bits per heavy atom. The maximum atomic E-state index is 13.1. The number of nitrogens with zero attached hydrogens (tertiary/aromatic N) is 6. The van der Waals surface area contributed by atoms with Gasteiger partial charge in [-0.1, -0.05) is 55.8 Å². The largest absolute Gasteiger partial charge is 0.480 e. The monoisotopic (exact) mass is 687 g/mol. The second-order valence-electron chi connectivity index (χ2n) is 11.0. The summed E-state index contributed by atoms with van der Waals surface area (Å²) in [5.41, 5.74) is 4.60. The van der Waals surface area contributed by atoms with Crippen molar-refractivity contribution in [2.45, 2.75) is 47.1 Å². The topological polar surface area (TPSA) is 158 Å². The van der Waals surface area contributed by atoms with Gasteiger partial charge in [-0.2, -0.15) is 0 Å². The fourth-order valence-corrected chi connectivity index (χ4v) is 5.65.